The fraction of sp³-hybridized carbons (Fsp3) is 0.214. The second-order valence-electron chi connectivity index (χ2n) is 4.54. The lowest BCUT2D eigenvalue weighted by atomic mass is 10.2. The maximum absolute atomic E-state index is 11.9. The van der Waals surface area contributed by atoms with Crippen LogP contribution in [0.1, 0.15) is 11.9 Å². The molecule has 124 valence electrons. The summed E-state index contributed by atoms with van der Waals surface area (Å²) in [6.45, 7) is 1.99. The Labute approximate surface area is 154 Å². The Morgan fingerprint density at radius 3 is 2.88 bits per heavy atom. The molecule has 3 rings (SSSR count). The van der Waals surface area contributed by atoms with Gasteiger partial charge in [-0.25, -0.2) is 0 Å². The molecule has 2 aromatic heterocycles. The number of amides is 1. The van der Waals surface area contributed by atoms with Gasteiger partial charge < -0.3 is 4.42 Å². The average molecular weight is 426 g/mol. The molecule has 1 aromatic carbocycles. The predicted molar refractivity (Wildman–Crippen MR) is 96.1 cm³/mol. The van der Waals surface area contributed by atoms with Crippen molar-refractivity contribution in [3.63, 3.8) is 0 Å². The molecule has 0 fully saturated rings. The lowest BCUT2D eigenvalue weighted by Crippen LogP contribution is -2.13. The van der Waals surface area contributed by atoms with Gasteiger partial charge in [0.25, 0.3) is 5.22 Å². The zero-order chi connectivity index (χ0) is 16.9. The molecule has 10 heteroatoms. The Kier molecular flexibility index (Phi) is 5.59. The van der Waals surface area contributed by atoms with E-state index in [0.29, 0.717) is 16.2 Å². The summed E-state index contributed by atoms with van der Waals surface area (Å²) in [7, 11) is 0. The van der Waals surface area contributed by atoms with E-state index in [2.05, 4.69) is 41.6 Å². The van der Waals surface area contributed by atoms with Crippen LogP contribution in [0.4, 0.5) is 5.13 Å². The fourth-order valence-electron chi connectivity index (χ4n) is 1.74. The van der Waals surface area contributed by atoms with Crippen molar-refractivity contribution in [3.8, 4) is 11.5 Å². The smallest absolute Gasteiger partial charge is 0.277 e. The van der Waals surface area contributed by atoms with E-state index in [1.807, 2.05) is 31.2 Å². The van der Waals surface area contributed by atoms with E-state index in [1.54, 1.807) is 0 Å². The molecular weight excluding hydrogens is 414 g/mol. The van der Waals surface area contributed by atoms with Crippen LogP contribution in [0.15, 0.2) is 38.4 Å². The molecule has 7 nitrogen and oxygen atoms in total. The molecule has 3 aromatic rings. The third-order valence-corrected chi connectivity index (χ3v) is 5.35. The van der Waals surface area contributed by atoms with Crippen LogP contribution in [0, 0.1) is 0 Å². The normalized spacial score (nSPS) is 10.8. The summed E-state index contributed by atoms with van der Waals surface area (Å²) in [5, 5.41) is 20.2. The van der Waals surface area contributed by atoms with Gasteiger partial charge >= 0.3 is 0 Å². The highest BCUT2D eigenvalue weighted by molar-refractivity contribution is 9.10. The Bertz CT molecular complexity index is 851. The van der Waals surface area contributed by atoms with Gasteiger partial charge in [0.15, 0.2) is 0 Å². The highest BCUT2D eigenvalue weighted by Crippen LogP contribution is 2.29. The van der Waals surface area contributed by atoms with Crippen molar-refractivity contribution < 1.29 is 9.21 Å². The van der Waals surface area contributed by atoms with E-state index in [0.717, 1.165) is 21.5 Å². The number of hydrogen-bond acceptors (Lipinski definition) is 8. The number of carbonyl (C=O) groups excluding carboxylic acids is 1. The van der Waals surface area contributed by atoms with Crippen molar-refractivity contribution in [3.05, 3.63) is 33.7 Å². The summed E-state index contributed by atoms with van der Waals surface area (Å²) in [4.78, 5) is 11.9. The molecule has 0 aliphatic carbocycles. The summed E-state index contributed by atoms with van der Waals surface area (Å²) in [5.74, 6) is 0.361. The minimum Gasteiger partial charge on any atom is -0.411 e. The molecule has 1 amide bonds. The van der Waals surface area contributed by atoms with Gasteiger partial charge in [-0.05, 0) is 34.5 Å². The third kappa shape index (κ3) is 4.19. The van der Waals surface area contributed by atoms with E-state index < -0.39 is 0 Å². The molecule has 0 radical (unpaired) electrons. The van der Waals surface area contributed by atoms with Crippen molar-refractivity contribution in [2.24, 2.45) is 0 Å². The first-order chi connectivity index (χ1) is 11.7. The van der Waals surface area contributed by atoms with Crippen LogP contribution in [0.5, 0.6) is 0 Å². The zero-order valence-electron chi connectivity index (χ0n) is 12.5. The number of nitrogens with one attached hydrogen (secondary N) is 1. The van der Waals surface area contributed by atoms with E-state index in [4.69, 9.17) is 4.42 Å². The minimum atomic E-state index is -0.195. The topological polar surface area (TPSA) is 93.8 Å². The molecule has 0 spiro atoms. The number of benzene rings is 1. The van der Waals surface area contributed by atoms with Crippen molar-refractivity contribution in [2.75, 3.05) is 11.1 Å². The summed E-state index contributed by atoms with van der Waals surface area (Å²) >= 11 is 5.98. The number of anilines is 1. The van der Waals surface area contributed by atoms with Gasteiger partial charge in [-0.1, -0.05) is 42.2 Å². The average Bonchev–Trinajstić information content (AvgIpc) is 3.22. The monoisotopic (exact) mass is 425 g/mol. The third-order valence-electron chi connectivity index (χ3n) is 2.85. The van der Waals surface area contributed by atoms with Crippen LogP contribution in [0.2, 0.25) is 0 Å². The molecule has 0 bridgehead atoms. The summed E-state index contributed by atoms with van der Waals surface area (Å²) < 4.78 is 6.44. The second kappa shape index (κ2) is 7.86. The predicted octanol–water partition coefficient (Wildman–Crippen LogP) is 3.64. The SMILES string of the molecule is CCc1nnc(NC(=O)CSc2nnc(-c3ccccc3Br)o2)s1. The van der Waals surface area contributed by atoms with E-state index >= 15 is 0 Å². The Morgan fingerprint density at radius 2 is 2.12 bits per heavy atom. The van der Waals surface area contributed by atoms with Crippen LogP contribution < -0.4 is 5.32 Å². The van der Waals surface area contributed by atoms with Gasteiger partial charge in [-0.3, -0.25) is 10.1 Å². The van der Waals surface area contributed by atoms with Gasteiger partial charge in [0.05, 0.1) is 11.3 Å². The molecule has 0 saturated carbocycles. The summed E-state index contributed by atoms with van der Waals surface area (Å²) in [6, 6.07) is 7.56. The molecule has 0 atom stereocenters. The van der Waals surface area contributed by atoms with Crippen molar-refractivity contribution in [2.45, 2.75) is 18.6 Å². The molecule has 24 heavy (non-hydrogen) atoms. The lowest BCUT2D eigenvalue weighted by molar-refractivity contribution is -0.113. The number of rotatable bonds is 6. The first-order valence-corrected chi connectivity index (χ1v) is 9.58. The number of halogens is 1. The van der Waals surface area contributed by atoms with E-state index in [9.17, 15) is 4.79 Å². The van der Waals surface area contributed by atoms with Gasteiger partial charge in [-0.15, -0.1) is 20.4 Å². The lowest BCUT2D eigenvalue weighted by Gasteiger charge is -1.98. The van der Waals surface area contributed by atoms with Crippen LogP contribution in [0.25, 0.3) is 11.5 Å². The molecular formula is C14H12BrN5O2S2. The molecule has 0 aliphatic rings. The van der Waals surface area contributed by atoms with E-state index in [-0.39, 0.29) is 11.7 Å². The van der Waals surface area contributed by atoms with Crippen LogP contribution >= 0.6 is 39.0 Å². The molecule has 0 saturated heterocycles. The highest BCUT2D eigenvalue weighted by Gasteiger charge is 2.14. The number of hydrogen-bond donors (Lipinski definition) is 1. The Morgan fingerprint density at radius 1 is 1.29 bits per heavy atom. The first kappa shape index (κ1) is 17.1. The fourth-order valence-corrected chi connectivity index (χ4v) is 3.45. The quantitative estimate of drug-likeness (QED) is 0.602. The summed E-state index contributed by atoms with van der Waals surface area (Å²) in [6.07, 6.45) is 0.794. The number of thioether (sulfide) groups is 1. The maximum Gasteiger partial charge on any atom is 0.277 e. The van der Waals surface area contributed by atoms with Crippen LogP contribution in [0.3, 0.4) is 0 Å². The van der Waals surface area contributed by atoms with Crippen molar-refractivity contribution >= 4 is 50.1 Å². The van der Waals surface area contributed by atoms with Crippen molar-refractivity contribution in [1.82, 2.24) is 20.4 Å². The number of aromatic nitrogens is 4. The second-order valence-corrected chi connectivity index (χ2v) is 7.39. The van der Waals surface area contributed by atoms with Crippen molar-refractivity contribution in [1.29, 1.82) is 0 Å². The van der Waals surface area contributed by atoms with Crippen LogP contribution in [-0.2, 0) is 11.2 Å². The summed E-state index contributed by atoms with van der Waals surface area (Å²) in [5.41, 5.74) is 0.808. The first-order valence-electron chi connectivity index (χ1n) is 6.99. The zero-order valence-corrected chi connectivity index (χ0v) is 15.7. The Balaban J connectivity index is 1.57. The standard InChI is InChI=1S/C14H12BrN5O2S2/c1-2-11-17-19-13(24-11)16-10(21)7-23-14-20-18-12(22-14)8-5-3-4-6-9(8)15/h3-6H,2,7H2,1H3,(H,16,19,21). The highest BCUT2D eigenvalue weighted by atomic mass is 79.9. The maximum atomic E-state index is 11.9. The van der Waals surface area contributed by atoms with Gasteiger partial charge in [0.2, 0.25) is 16.9 Å². The largest absolute Gasteiger partial charge is 0.411 e. The van der Waals surface area contributed by atoms with Gasteiger partial charge in [-0.2, -0.15) is 0 Å². The van der Waals surface area contributed by atoms with Gasteiger partial charge in [0, 0.05) is 4.47 Å². The molecule has 2 heterocycles. The van der Waals surface area contributed by atoms with Gasteiger partial charge in [0.1, 0.15) is 5.01 Å². The number of aryl methyl sites for hydroxylation is 1. The van der Waals surface area contributed by atoms with Crippen LogP contribution in [-0.4, -0.2) is 32.1 Å². The molecule has 1 N–H and O–H groups in total. The minimum absolute atomic E-state index is 0.151. The van der Waals surface area contributed by atoms with E-state index in [1.165, 1.54) is 23.1 Å². The number of carbonyl (C=O) groups is 1. The Hall–Kier alpha value is -1.78. The number of nitrogens with zero attached hydrogens (tertiary/aromatic N) is 4. The molecule has 0 aliphatic heterocycles. The molecule has 0 unspecified atom stereocenters.